The Morgan fingerprint density at radius 1 is 1.47 bits per heavy atom. The van der Waals surface area contributed by atoms with Crippen molar-refractivity contribution in [3.63, 3.8) is 0 Å². The molecular weight excluding hydrogens is 286 g/mol. The summed E-state index contributed by atoms with van der Waals surface area (Å²) in [4.78, 5) is 11.8. The number of carbonyl (C=O) groups is 1. The van der Waals surface area contributed by atoms with Crippen LogP contribution in [0.3, 0.4) is 0 Å². The number of halogens is 1. The smallest absolute Gasteiger partial charge is 0.174 e. The number of hydrogen-bond acceptors (Lipinski definition) is 4. The van der Waals surface area contributed by atoms with E-state index in [0.29, 0.717) is 41.1 Å². The molecule has 1 aromatic rings. The zero-order valence-electron chi connectivity index (χ0n) is 9.96. The number of ether oxygens (including phenoxy) is 2. The van der Waals surface area contributed by atoms with Crippen molar-refractivity contribution < 1.29 is 14.3 Å². The molecule has 0 saturated heterocycles. The van der Waals surface area contributed by atoms with Gasteiger partial charge >= 0.3 is 0 Å². The van der Waals surface area contributed by atoms with Crippen LogP contribution in [-0.4, -0.2) is 26.0 Å². The lowest BCUT2D eigenvalue weighted by Crippen LogP contribution is -2.09. The number of benzene rings is 1. The highest BCUT2D eigenvalue weighted by Gasteiger charge is 2.14. The van der Waals surface area contributed by atoms with E-state index in [0.717, 1.165) is 0 Å². The Morgan fingerprint density at radius 3 is 2.71 bits per heavy atom. The van der Waals surface area contributed by atoms with Gasteiger partial charge in [-0.1, -0.05) is 0 Å². The van der Waals surface area contributed by atoms with E-state index in [2.05, 4.69) is 15.9 Å². The average molecular weight is 302 g/mol. The molecule has 0 bridgehead atoms. The van der Waals surface area contributed by atoms with Crippen LogP contribution in [0.1, 0.15) is 23.7 Å². The zero-order valence-corrected chi connectivity index (χ0v) is 11.5. The van der Waals surface area contributed by atoms with Gasteiger partial charge in [0.15, 0.2) is 17.3 Å². The van der Waals surface area contributed by atoms with Gasteiger partial charge in [0.05, 0.1) is 18.2 Å². The first kappa shape index (κ1) is 14.0. The highest BCUT2D eigenvalue weighted by molar-refractivity contribution is 9.10. The summed E-state index contributed by atoms with van der Waals surface area (Å²) in [6, 6.07) is 3.41. The fourth-order valence-electron chi connectivity index (χ4n) is 1.47. The van der Waals surface area contributed by atoms with Crippen LogP contribution < -0.4 is 15.2 Å². The summed E-state index contributed by atoms with van der Waals surface area (Å²) >= 11 is 3.36. The Morgan fingerprint density at radius 2 is 2.18 bits per heavy atom. The van der Waals surface area contributed by atoms with Gasteiger partial charge in [-0.3, -0.25) is 4.79 Å². The molecule has 0 aliphatic rings. The van der Waals surface area contributed by atoms with Crippen molar-refractivity contribution in [2.75, 3.05) is 20.3 Å². The molecule has 0 radical (unpaired) electrons. The van der Waals surface area contributed by atoms with Crippen LogP contribution in [-0.2, 0) is 0 Å². The van der Waals surface area contributed by atoms with Gasteiger partial charge in [-0.25, -0.2) is 0 Å². The summed E-state index contributed by atoms with van der Waals surface area (Å²) in [5, 5.41) is 0. The largest absolute Gasteiger partial charge is 0.492 e. The number of carbonyl (C=O) groups excluding carboxylic acids is 1. The molecule has 1 rings (SSSR count). The van der Waals surface area contributed by atoms with Crippen molar-refractivity contribution in [2.24, 2.45) is 5.73 Å². The van der Waals surface area contributed by atoms with Crippen molar-refractivity contribution in [1.82, 2.24) is 0 Å². The number of Topliss-reactive ketones (excluding diaryl/α,β-unsaturated/α-hetero) is 1. The van der Waals surface area contributed by atoms with Gasteiger partial charge in [0.2, 0.25) is 0 Å². The summed E-state index contributed by atoms with van der Waals surface area (Å²) < 4.78 is 11.4. The molecule has 2 N–H and O–H groups in total. The van der Waals surface area contributed by atoms with E-state index in [1.165, 1.54) is 0 Å². The minimum absolute atomic E-state index is 0.00296. The fraction of sp³-hybridized carbons (Fsp3) is 0.417. The maximum atomic E-state index is 11.8. The van der Waals surface area contributed by atoms with E-state index in [9.17, 15) is 4.79 Å². The minimum atomic E-state index is -0.00296. The van der Waals surface area contributed by atoms with Crippen molar-refractivity contribution >= 4 is 21.7 Å². The lowest BCUT2D eigenvalue weighted by molar-refractivity contribution is 0.0985. The molecule has 0 aliphatic carbocycles. The topological polar surface area (TPSA) is 61.5 Å². The predicted molar refractivity (Wildman–Crippen MR) is 69.9 cm³/mol. The third kappa shape index (κ3) is 3.44. The normalized spacial score (nSPS) is 10.1. The summed E-state index contributed by atoms with van der Waals surface area (Å²) in [5.74, 6) is 1.15. The molecule has 0 amide bonds. The number of rotatable bonds is 6. The highest BCUT2D eigenvalue weighted by atomic mass is 79.9. The molecule has 0 fully saturated rings. The maximum absolute atomic E-state index is 11.8. The molecule has 0 aliphatic heterocycles. The molecule has 5 heteroatoms. The standard InChI is InChI=1S/C12H16BrNO3/c1-3-17-11-7-8(10(15)4-5-14)6-9(13)12(11)16-2/h6-7H,3-5,14H2,1-2H3. The molecule has 4 nitrogen and oxygen atoms in total. The van der Waals surface area contributed by atoms with Gasteiger partial charge in [0.1, 0.15) is 0 Å². The van der Waals surface area contributed by atoms with Crippen LogP contribution in [0.5, 0.6) is 11.5 Å². The van der Waals surface area contributed by atoms with E-state index in [4.69, 9.17) is 15.2 Å². The van der Waals surface area contributed by atoms with Gasteiger partial charge in [0.25, 0.3) is 0 Å². The van der Waals surface area contributed by atoms with Crippen LogP contribution in [0.2, 0.25) is 0 Å². The summed E-state index contributed by atoms with van der Waals surface area (Å²) in [6.45, 7) is 2.73. The molecule has 0 heterocycles. The number of methoxy groups -OCH3 is 1. The maximum Gasteiger partial charge on any atom is 0.174 e. The molecular formula is C12H16BrNO3. The zero-order chi connectivity index (χ0) is 12.8. The first-order valence-electron chi connectivity index (χ1n) is 5.37. The van der Waals surface area contributed by atoms with Crippen molar-refractivity contribution in [3.8, 4) is 11.5 Å². The van der Waals surface area contributed by atoms with Crippen molar-refractivity contribution in [1.29, 1.82) is 0 Å². The summed E-state index contributed by atoms with van der Waals surface area (Å²) in [7, 11) is 1.56. The van der Waals surface area contributed by atoms with Crippen LogP contribution in [0.4, 0.5) is 0 Å². The molecule has 0 saturated carbocycles. The molecule has 0 unspecified atom stereocenters. The average Bonchev–Trinajstić information content (AvgIpc) is 2.29. The molecule has 17 heavy (non-hydrogen) atoms. The summed E-state index contributed by atoms with van der Waals surface area (Å²) in [5.41, 5.74) is 5.94. The Labute approximate surface area is 109 Å². The molecule has 0 spiro atoms. The third-order valence-corrected chi connectivity index (χ3v) is 2.80. The quantitative estimate of drug-likeness (QED) is 0.820. The predicted octanol–water partition coefficient (Wildman–Crippen LogP) is 2.39. The molecule has 1 aromatic carbocycles. The second kappa shape index (κ2) is 6.61. The first-order valence-corrected chi connectivity index (χ1v) is 6.16. The van der Waals surface area contributed by atoms with Crippen molar-refractivity contribution in [2.45, 2.75) is 13.3 Å². The van der Waals surface area contributed by atoms with Crippen LogP contribution >= 0.6 is 15.9 Å². The van der Waals surface area contributed by atoms with Crippen molar-refractivity contribution in [3.05, 3.63) is 22.2 Å². The lowest BCUT2D eigenvalue weighted by Gasteiger charge is -2.12. The Hall–Kier alpha value is -1.07. The molecule has 0 atom stereocenters. The number of ketones is 1. The number of nitrogens with two attached hydrogens (primary N) is 1. The second-order valence-electron chi connectivity index (χ2n) is 3.38. The monoisotopic (exact) mass is 301 g/mol. The van der Waals surface area contributed by atoms with E-state index in [1.807, 2.05) is 6.92 Å². The third-order valence-electron chi connectivity index (χ3n) is 2.21. The van der Waals surface area contributed by atoms with Crippen LogP contribution in [0, 0.1) is 0 Å². The van der Waals surface area contributed by atoms with Gasteiger partial charge in [0, 0.05) is 12.0 Å². The van der Waals surface area contributed by atoms with Gasteiger partial charge in [-0.2, -0.15) is 0 Å². The second-order valence-corrected chi connectivity index (χ2v) is 4.24. The lowest BCUT2D eigenvalue weighted by atomic mass is 10.1. The Kier molecular flexibility index (Phi) is 5.44. The minimum Gasteiger partial charge on any atom is -0.492 e. The van der Waals surface area contributed by atoms with Crippen LogP contribution in [0.15, 0.2) is 16.6 Å². The van der Waals surface area contributed by atoms with E-state index in [-0.39, 0.29) is 5.78 Å². The summed E-state index contributed by atoms with van der Waals surface area (Å²) in [6.07, 6.45) is 0.324. The van der Waals surface area contributed by atoms with Gasteiger partial charge < -0.3 is 15.2 Å². The number of hydrogen-bond donors (Lipinski definition) is 1. The first-order chi connectivity index (χ1) is 8.13. The van der Waals surface area contributed by atoms with E-state index >= 15 is 0 Å². The highest BCUT2D eigenvalue weighted by Crippen LogP contribution is 2.36. The Bertz CT molecular complexity index is 407. The van der Waals surface area contributed by atoms with Gasteiger partial charge in [-0.15, -0.1) is 0 Å². The SMILES string of the molecule is CCOc1cc(C(=O)CCN)cc(Br)c1OC. The van der Waals surface area contributed by atoms with Gasteiger partial charge in [-0.05, 0) is 41.5 Å². The fourth-order valence-corrected chi connectivity index (χ4v) is 2.07. The van der Waals surface area contributed by atoms with Crippen LogP contribution in [0.25, 0.3) is 0 Å². The molecule has 0 aromatic heterocycles. The molecule has 94 valence electrons. The Balaban J connectivity index is 3.14. The van der Waals surface area contributed by atoms with E-state index < -0.39 is 0 Å². The van der Waals surface area contributed by atoms with E-state index in [1.54, 1.807) is 19.2 Å².